The molecule has 1 aromatic rings. The second kappa shape index (κ2) is 2.81. The van der Waals surface area contributed by atoms with Crippen LogP contribution in [0.4, 0.5) is 9.18 Å². The lowest BCUT2D eigenvalue weighted by Crippen LogP contribution is -2.41. The number of fused-ring (bicyclic) bond motifs is 2. The molecule has 1 aliphatic heterocycles. The molecule has 1 saturated heterocycles. The lowest BCUT2D eigenvalue weighted by Gasteiger charge is -2.20. The van der Waals surface area contributed by atoms with Crippen molar-refractivity contribution < 1.29 is 14.0 Å². The number of rotatable bonds is 0. The zero-order chi connectivity index (χ0) is 11.3. The number of urea groups is 1. The molecule has 16 heavy (non-hydrogen) atoms. The molecule has 1 aromatic carbocycles. The molecule has 1 spiro atoms. The monoisotopic (exact) mass is 220 g/mol. The van der Waals surface area contributed by atoms with Crippen LogP contribution < -0.4 is 10.6 Å². The first kappa shape index (κ1) is 9.33. The molecule has 3 rings (SSSR count). The molecule has 3 amide bonds. The highest BCUT2D eigenvalue weighted by molar-refractivity contribution is 6.08. The van der Waals surface area contributed by atoms with Crippen LogP contribution in [0.25, 0.3) is 0 Å². The van der Waals surface area contributed by atoms with Gasteiger partial charge >= 0.3 is 6.03 Å². The first-order valence-corrected chi connectivity index (χ1v) is 5.04. The van der Waals surface area contributed by atoms with Crippen LogP contribution in [0.2, 0.25) is 0 Å². The zero-order valence-corrected chi connectivity index (χ0v) is 8.34. The summed E-state index contributed by atoms with van der Waals surface area (Å²) in [6.45, 7) is 0. The Bertz CT molecular complexity index is 515. The SMILES string of the molecule is O=C1NC(=O)C2(CCc3ccc(F)cc32)N1. The standard InChI is InChI=1S/C11H9FN2O2/c12-7-2-1-6-3-4-11(8(6)5-7)9(15)13-10(16)14-11/h1-2,5H,3-4H2,(H2,13,14,15,16). The van der Waals surface area contributed by atoms with Crippen LogP contribution in [0, 0.1) is 5.82 Å². The largest absolute Gasteiger partial charge is 0.322 e. The number of hydrogen-bond acceptors (Lipinski definition) is 2. The van der Waals surface area contributed by atoms with E-state index in [0.29, 0.717) is 18.4 Å². The van der Waals surface area contributed by atoms with E-state index in [1.54, 1.807) is 6.07 Å². The fourth-order valence-electron chi connectivity index (χ4n) is 2.48. The third-order valence-corrected chi connectivity index (χ3v) is 3.24. The van der Waals surface area contributed by atoms with Crippen molar-refractivity contribution in [2.45, 2.75) is 18.4 Å². The summed E-state index contributed by atoms with van der Waals surface area (Å²) >= 11 is 0. The molecule has 5 heteroatoms. The van der Waals surface area contributed by atoms with Gasteiger partial charge in [0.2, 0.25) is 0 Å². The molecule has 2 aliphatic rings. The molecule has 1 unspecified atom stereocenters. The summed E-state index contributed by atoms with van der Waals surface area (Å²) in [6.07, 6.45) is 1.16. The van der Waals surface area contributed by atoms with E-state index in [1.165, 1.54) is 12.1 Å². The lowest BCUT2D eigenvalue weighted by atomic mass is 9.92. The van der Waals surface area contributed by atoms with Crippen molar-refractivity contribution in [3.8, 4) is 0 Å². The molecule has 0 radical (unpaired) electrons. The van der Waals surface area contributed by atoms with Gasteiger partial charge in [-0.05, 0) is 36.1 Å². The Morgan fingerprint density at radius 3 is 2.81 bits per heavy atom. The highest BCUT2D eigenvalue weighted by Gasteiger charge is 2.51. The van der Waals surface area contributed by atoms with Gasteiger partial charge in [-0.3, -0.25) is 10.1 Å². The van der Waals surface area contributed by atoms with Crippen LogP contribution in [0.5, 0.6) is 0 Å². The van der Waals surface area contributed by atoms with Gasteiger partial charge in [-0.1, -0.05) is 6.07 Å². The van der Waals surface area contributed by atoms with E-state index in [1.807, 2.05) is 0 Å². The first-order valence-electron chi connectivity index (χ1n) is 5.04. The van der Waals surface area contributed by atoms with E-state index in [-0.39, 0.29) is 5.91 Å². The smallest absolute Gasteiger partial charge is 0.319 e. The molecule has 1 aliphatic carbocycles. The van der Waals surface area contributed by atoms with E-state index in [4.69, 9.17) is 0 Å². The fourth-order valence-corrected chi connectivity index (χ4v) is 2.48. The molecule has 0 saturated carbocycles. The zero-order valence-electron chi connectivity index (χ0n) is 8.34. The average Bonchev–Trinajstić information content (AvgIpc) is 2.71. The van der Waals surface area contributed by atoms with E-state index < -0.39 is 17.4 Å². The number of carbonyl (C=O) groups is 2. The molecule has 82 valence electrons. The summed E-state index contributed by atoms with van der Waals surface area (Å²) in [5, 5.41) is 4.79. The van der Waals surface area contributed by atoms with Gasteiger partial charge in [0.05, 0.1) is 0 Å². The number of carbonyl (C=O) groups excluding carboxylic acids is 2. The first-order chi connectivity index (χ1) is 7.62. The maximum atomic E-state index is 13.2. The van der Waals surface area contributed by atoms with Gasteiger partial charge in [-0.15, -0.1) is 0 Å². The molecule has 2 N–H and O–H groups in total. The van der Waals surface area contributed by atoms with Gasteiger partial charge in [0, 0.05) is 0 Å². The van der Waals surface area contributed by atoms with Crippen LogP contribution in [0.3, 0.4) is 0 Å². The van der Waals surface area contributed by atoms with Crippen molar-refractivity contribution in [3.63, 3.8) is 0 Å². The second-order valence-electron chi connectivity index (χ2n) is 4.12. The summed E-state index contributed by atoms with van der Waals surface area (Å²) in [5.74, 6) is -0.782. The summed E-state index contributed by atoms with van der Waals surface area (Å²) in [6, 6.07) is 3.85. The van der Waals surface area contributed by atoms with Crippen LogP contribution in [0.15, 0.2) is 18.2 Å². The number of halogens is 1. The Hall–Kier alpha value is -1.91. The number of amides is 3. The van der Waals surface area contributed by atoms with E-state index in [0.717, 1.165) is 5.56 Å². The Morgan fingerprint density at radius 2 is 2.12 bits per heavy atom. The minimum atomic E-state index is -1.05. The molecule has 1 heterocycles. The number of benzene rings is 1. The van der Waals surface area contributed by atoms with Gasteiger partial charge in [0.1, 0.15) is 11.4 Å². The molecule has 4 nitrogen and oxygen atoms in total. The van der Waals surface area contributed by atoms with Crippen molar-refractivity contribution in [2.75, 3.05) is 0 Å². The minimum absolute atomic E-state index is 0.387. The Labute approximate surface area is 90.8 Å². The van der Waals surface area contributed by atoms with E-state index >= 15 is 0 Å². The summed E-state index contributed by atoms with van der Waals surface area (Å²) in [4.78, 5) is 22.9. The highest BCUT2D eigenvalue weighted by atomic mass is 19.1. The number of nitrogens with one attached hydrogen (secondary N) is 2. The molecular weight excluding hydrogens is 211 g/mol. The maximum Gasteiger partial charge on any atom is 0.322 e. The number of aryl methyl sites for hydroxylation is 1. The Morgan fingerprint density at radius 1 is 1.31 bits per heavy atom. The second-order valence-corrected chi connectivity index (χ2v) is 4.12. The van der Waals surface area contributed by atoms with Gasteiger partial charge in [0.25, 0.3) is 5.91 Å². The molecule has 1 fully saturated rings. The minimum Gasteiger partial charge on any atom is -0.319 e. The Balaban J connectivity index is 2.18. The number of hydrogen-bond donors (Lipinski definition) is 2. The third kappa shape index (κ3) is 1.02. The van der Waals surface area contributed by atoms with Crippen LogP contribution in [-0.2, 0) is 16.8 Å². The van der Waals surface area contributed by atoms with E-state index in [2.05, 4.69) is 10.6 Å². The molecule has 0 bridgehead atoms. The van der Waals surface area contributed by atoms with Crippen LogP contribution in [0.1, 0.15) is 17.5 Å². The molecular formula is C11H9FN2O2. The predicted molar refractivity (Wildman–Crippen MR) is 53.1 cm³/mol. The molecule has 1 atom stereocenters. The Kier molecular flexibility index (Phi) is 1.64. The lowest BCUT2D eigenvalue weighted by molar-refractivity contribution is -0.124. The quantitative estimate of drug-likeness (QED) is 0.635. The summed E-state index contributed by atoms with van der Waals surface area (Å²) in [5.41, 5.74) is 0.448. The topological polar surface area (TPSA) is 58.2 Å². The van der Waals surface area contributed by atoms with Crippen molar-refractivity contribution in [2.24, 2.45) is 0 Å². The predicted octanol–water partition coefficient (Wildman–Crippen LogP) is 0.807. The van der Waals surface area contributed by atoms with Crippen molar-refractivity contribution >= 4 is 11.9 Å². The van der Waals surface area contributed by atoms with Crippen LogP contribution >= 0.6 is 0 Å². The third-order valence-electron chi connectivity index (χ3n) is 3.24. The average molecular weight is 220 g/mol. The maximum absolute atomic E-state index is 13.2. The van der Waals surface area contributed by atoms with Gasteiger partial charge in [0.15, 0.2) is 0 Å². The normalized spacial score (nSPS) is 26.8. The molecule has 0 aromatic heterocycles. The van der Waals surface area contributed by atoms with Gasteiger partial charge in [-0.2, -0.15) is 0 Å². The van der Waals surface area contributed by atoms with Gasteiger partial charge < -0.3 is 5.32 Å². The van der Waals surface area contributed by atoms with Crippen molar-refractivity contribution in [1.82, 2.24) is 10.6 Å². The summed E-state index contributed by atoms with van der Waals surface area (Å²) < 4.78 is 13.2. The highest BCUT2D eigenvalue weighted by Crippen LogP contribution is 2.39. The van der Waals surface area contributed by atoms with E-state index in [9.17, 15) is 14.0 Å². The number of imide groups is 1. The summed E-state index contributed by atoms with van der Waals surface area (Å²) in [7, 11) is 0. The van der Waals surface area contributed by atoms with Crippen molar-refractivity contribution in [1.29, 1.82) is 0 Å². The van der Waals surface area contributed by atoms with Crippen LogP contribution in [-0.4, -0.2) is 11.9 Å². The fraction of sp³-hybridized carbons (Fsp3) is 0.273. The van der Waals surface area contributed by atoms with Crippen molar-refractivity contribution in [3.05, 3.63) is 35.1 Å². The van der Waals surface area contributed by atoms with Gasteiger partial charge in [-0.25, -0.2) is 9.18 Å².